The number of aromatic nitrogens is 2. The zero-order valence-corrected chi connectivity index (χ0v) is 9.40. The van der Waals surface area contributed by atoms with Gasteiger partial charge in [-0.15, -0.1) is 0 Å². The molecule has 1 N–H and O–H groups in total. The van der Waals surface area contributed by atoms with E-state index in [0.29, 0.717) is 0 Å². The Morgan fingerprint density at radius 3 is 2.94 bits per heavy atom. The second-order valence-electron chi connectivity index (χ2n) is 4.17. The lowest BCUT2D eigenvalue weighted by atomic mass is 10.0. The molecule has 1 aromatic carbocycles. The molecule has 2 aromatic rings. The molecular weight excluding hydrogens is 198 g/mol. The zero-order valence-electron chi connectivity index (χ0n) is 9.40. The SMILES string of the molecule is CCn1cc(-c2ccc3c(c2)CNC3)cn1. The van der Waals surface area contributed by atoms with E-state index in [9.17, 15) is 0 Å². The van der Waals surface area contributed by atoms with Crippen LogP contribution in [0.3, 0.4) is 0 Å². The van der Waals surface area contributed by atoms with Crippen LogP contribution in [0.25, 0.3) is 11.1 Å². The molecule has 0 amide bonds. The topological polar surface area (TPSA) is 29.9 Å². The van der Waals surface area contributed by atoms with E-state index in [1.807, 2.05) is 10.9 Å². The van der Waals surface area contributed by atoms with Crippen LogP contribution in [-0.4, -0.2) is 9.78 Å². The smallest absolute Gasteiger partial charge is 0.0568 e. The highest BCUT2D eigenvalue weighted by Gasteiger charge is 2.11. The van der Waals surface area contributed by atoms with Crippen LogP contribution in [0.2, 0.25) is 0 Å². The van der Waals surface area contributed by atoms with E-state index in [2.05, 4.69) is 41.7 Å². The first kappa shape index (κ1) is 9.60. The summed E-state index contributed by atoms with van der Waals surface area (Å²) in [6, 6.07) is 6.67. The maximum atomic E-state index is 4.31. The van der Waals surface area contributed by atoms with Crippen LogP contribution >= 0.6 is 0 Å². The molecule has 0 saturated heterocycles. The minimum absolute atomic E-state index is 0.923. The summed E-state index contributed by atoms with van der Waals surface area (Å²) in [7, 11) is 0. The van der Waals surface area contributed by atoms with Crippen LogP contribution in [0.1, 0.15) is 18.1 Å². The second kappa shape index (κ2) is 3.76. The van der Waals surface area contributed by atoms with Crippen molar-refractivity contribution in [2.75, 3.05) is 0 Å². The molecule has 0 unspecified atom stereocenters. The number of hydrogen-bond donors (Lipinski definition) is 1. The van der Waals surface area contributed by atoms with E-state index in [-0.39, 0.29) is 0 Å². The number of hydrogen-bond acceptors (Lipinski definition) is 2. The first-order valence-electron chi connectivity index (χ1n) is 5.72. The van der Waals surface area contributed by atoms with Crippen LogP contribution < -0.4 is 5.32 Å². The summed E-state index contributed by atoms with van der Waals surface area (Å²) >= 11 is 0. The van der Waals surface area contributed by atoms with E-state index in [0.717, 1.165) is 19.6 Å². The Kier molecular flexibility index (Phi) is 2.26. The average Bonchev–Trinajstić information content (AvgIpc) is 2.96. The molecule has 0 bridgehead atoms. The molecule has 1 aliphatic rings. The van der Waals surface area contributed by atoms with E-state index in [1.165, 1.54) is 22.3 Å². The molecule has 0 fully saturated rings. The van der Waals surface area contributed by atoms with Crippen LogP contribution in [0, 0.1) is 0 Å². The van der Waals surface area contributed by atoms with Crippen molar-refractivity contribution >= 4 is 0 Å². The maximum absolute atomic E-state index is 4.31. The standard InChI is InChI=1S/C13H15N3/c1-2-16-9-13(8-15-16)10-3-4-11-6-14-7-12(11)5-10/h3-5,8-9,14H,2,6-7H2,1H3. The summed E-state index contributed by atoms with van der Waals surface area (Å²) in [6.45, 7) is 5.02. The second-order valence-corrected chi connectivity index (χ2v) is 4.17. The highest BCUT2D eigenvalue weighted by Crippen LogP contribution is 2.24. The normalized spacial score (nSPS) is 14.1. The van der Waals surface area contributed by atoms with Crippen molar-refractivity contribution in [2.24, 2.45) is 0 Å². The average molecular weight is 213 g/mol. The summed E-state index contributed by atoms with van der Waals surface area (Å²) in [6.07, 6.45) is 4.04. The van der Waals surface area contributed by atoms with Crippen molar-refractivity contribution in [3.63, 3.8) is 0 Å². The predicted octanol–water partition coefficient (Wildman–Crippen LogP) is 2.17. The fraction of sp³-hybridized carbons (Fsp3) is 0.308. The molecule has 3 heteroatoms. The molecule has 1 aromatic heterocycles. The Balaban J connectivity index is 2.00. The number of rotatable bonds is 2. The first-order chi connectivity index (χ1) is 7.86. The molecule has 16 heavy (non-hydrogen) atoms. The summed E-state index contributed by atoms with van der Waals surface area (Å²) in [5.74, 6) is 0. The summed E-state index contributed by atoms with van der Waals surface area (Å²) in [4.78, 5) is 0. The van der Waals surface area contributed by atoms with Gasteiger partial charge in [0, 0.05) is 31.4 Å². The lowest BCUT2D eigenvalue weighted by Gasteiger charge is -2.01. The van der Waals surface area contributed by atoms with Gasteiger partial charge in [0.15, 0.2) is 0 Å². The minimum Gasteiger partial charge on any atom is -0.309 e. The van der Waals surface area contributed by atoms with Crippen molar-refractivity contribution in [2.45, 2.75) is 26.6 Å². The third-order valence-electron chi connectivity index (χ3n) is 3.13. The molecule has 2 heterocycles. The lowest BCUT2D eigenvalue weighted by molar-refractivity contribution is 0.660. The minimum atomic E-state index is 0.923. The predicted molar refractivity (Wildman–Crippen MR) is 63.9 cm³/mol. The van der Waals surface area contributed by atoms with Gasteiger partial charge in [0.2, 0.25) is 0 Å². The summed E-state index contributed by atoms with van der Waals surface area (Å²) < 4.78 is 1.96. The number of nitrogens with zero attached hydrogens (tertiary/aromatic N) is 2. The number of aryl methyl sites for hydroxylation is 1. The highest BCUT2D eigenvalue weighted by molar-refractivity contribution is 5.63. The molecule has 0 atom stereocenters. The summed E-state index contributed by atoms with van der Waals surface area (Å²) in [5.41, 5.74) is 5.31. The van der Waals surface area contributed by atoms with E-state index in [1.54, 1.807) is 0 Å². The Labute approximate surface area is 95.1 Å². The van der Waals surface area contributed by atoms with Crippen molar-refractivity contribution < 1.29 is 0 Å². The van der Waals surface area contributed by atoms with Gasteiger partial charge in [-0.1, -0.05) is 12.1 Å². The van der Waals surface area contributed by atoms with Crippen molar-refractivity contribution in [1.29, 1.82) is 0 Å². The van der Waals surface area contributed by atoms with Gasteiger partial charge in [-0.2, -0.15) is 5.10 Å². The Morgan fingerprint density at radius 2 is 2.12 bits per heavy atom. The van der Waals surface area contributed by atoms with Crippen molar-refractivity contribution in [3.05, 3.63) is 41.7 Å². The van der Waals surface area contributed by atoms with Crippen LogP contribution in [0.15, 0.2) is 30.6 Å². The third kappa shape index (κ3) is 1.53. The lowest BCUT2D eigenvalue weighted by Crippen LogP contribution is -1.99. The van der Waals surface area contributed by atoms with Gasteiger partial charge in [0.25, 0.3) is 0 Å². The fourth-order valence-electron chi connectivity index (χ4n) is 2.16. The van der Waals surface area contributed by atoms with E-state index in [4.69, 9.17) is 0 Å². The third-order valence-corrected chi connectivity index (χ3v) is 3.13. The number of fused-ring (bicyclic) bond motifs is 1. The van der Waals surface area contributed by atoms with Crippen molar-refractivity contribution in [1.82, 2.24) is 15.1 Å². The monoisotopic (exact) mass is 213 g/mol. The van der Waals surface area contributed by atoms with E-state index >= 15 is 0 Å². The van der Waals surface area contributed by atoms with Gasteiger partial charge >= 0.3 is 0 Å². The molecule has 0 radical (unpaired) electrons. The molecular formula is C13H15N3. The fourth-order valence-corrected chi connectivity index (χ4v) is 2.16. The quantitative estimate of drug-likeness (QED) is 0.828. The Bertz CT molecular complexity index is 514. The molecule has 3 rings (SSSR count). The Hall–Kier alpha value is -1.61. The molecule has 0 saturated carbocycles. The Morgan fingerprint density at radius 1 is 1.25 bits per heavy atom. The van der Waals surface area contributed by atoms with Gasteiger partial charge in [-0.25, -0.2) is 0 Å². The first-order valence-corrected chi connectivity index (χ1v) is 5.72. The largest absolute Gasteiger partial charge is 0.309 e. The van der Waals surface area contributed by atoms with Gasteiger partial charge < -0.3 is 5.32 Å². The van der Waals surface area contributed by atoms with E-state index < -0.39 is 0 Å². The molecule has 82 valence electrons. The highest BCUT2D eigenvalue weighted by atomic mass is 15.3. The molecule has 0 aliphatic carbocycles. The molecule has 1 aliphatic heterocycles. The molecule has 0 spiro atoms. The van der Waals surface area contributed by atoms with Crippen molar-refractivity contribution in [3.8, 4) is 11.1 Å². The number of nitrogens with one attached hydrogen (secondary N) is 1. The molecule has 3 nitrogen and oxygen atoms in total. The van der Waals surface area contributed by atoms with Gasteiger partial charge in [0.05, 0.1) is 6.20 Å². The summed E-state index contributed by atoms with van der Waals surface area (Å²) in [5, 5.41) is 7.67. The van der Waals surface area contributed by atoms with Gasteiger partial charge in [-0.05, 0) is 29.7 Å². The maximum Gasteiger partial charge on any atom is 0.0568 e. The van der Waals surface area contributed by atoms with Crippen LogP contribution in [0.5, 0.6) is 0 Å². The van der Waals surface area contributed by atoms with Gasteiger partial charge in [0.1, 0.15) is 0 Å². The zero-order chi connectivity index (χ0) is 11.0. The van der Waals surface area contributed by atoms with Crippen LogP contribution in [-0.2, 0) is 19.6 Å². The van der Waals surface area contributed by atoms with Gasteiger partial charge in [-0.3, -0.25) is 4.68 Å². The van der Waals surface area contributed by atoms with Crippen LogP contribution in [0.4, 0.5) is 0 Å². The number of benzene rings is 1.